The van der Waals surface area contributed by atoms with E-state index in [1.165, 1.54) is 19.1 Å². The average Bonchev–Trinajstić information content (AvgIpc) is 3.57. The molecule has 4 heterocycles. The number of alkyl halides is 3. The Kier molecular flexibility index (Phi) is 7.20. The first-order chi connectivity index (χ1) is 19.7. The Balaban J connectivity index is 1.15. The molecule has 0 aliphatic carbocycles. The van der Waals surface area contributed by atoms with Gasteiger partial charge in [-0.3, -0.25) is 14.4 Å². The van der Waals surface area contributed by atoms with Crippen molar-refractivity contribution < 1.29 is 27.6 Å². The van der Waals surface area contributed by atoms with Gasteiger partial charge in [-0.1, -0.05) is 29.4 Å². The second kappa shape index (κ2) is 10.8. The Morgan fingerprint density at radius 2 is 1.78 bits per heavy atom. The van der Waals surface area contributed by atoms with Crippen molar-refractivity contribution >= 4 is 22.7 Å². The Morgan fingerprint density at radius 1 is 1.05 bits per heavy atom. The first-order valence-electron chi connectivity index (χ1n) is 13.7. The van der Waals surface area contributed by atoms with E-state index in [4.69, 9.17) is 9.62 Å². The van der Waals surface area contributed by atoms with E-state index >= 15 is 0 Å². The van der Waals surface area contributed by atoms with E-state index in [9.17, 15) is 23.1 Å². The standard InChI is InChI=1S/C29H31F3N6O3/c1-19(39)37-12-10-24-23(18-37)27(20-6-8-21(9-7-20)29(30,31)32)33-38(24)13-11-26(40)35-14-16-36(17-15-35)28-22-4-2-3-5-25(22)41-34-28/h2-9,26,40H,10-18H2,1H3. The van der Waals surface area contributed by atoms with Gasteiger partial charge in [-0.15, -0.1) is 0 Å². The lowest BCUT2D eigenvalue weighted by atomic mass is 10.00. The van der Waals surface area contributed by atoms with Gasteiger partial charge < -0.3 is 19.4 Å². The third kappa shape index (κ3) is 5.41. The molecule has 1 atom stereocenters. The van der Waals surface area contributed by atoms with Crippen LogP contribution >= 0.6 is 0 Å². The van der Waals surface area contributed by atoms with E-state index in [-0.39, 0.29) is 5.91 Å². The minimum atomic E-state index is -4.42. The summed E-state index contributed by atoms with van der Waals surface area (Å²) in [5.74, 6) is 0.753. The van der Waals surface area contributed by atoms with Crippen LogP contribution in [0.25, 0.3) is 22.2 Å². The number of hydrogen-bond donors (Lipinski definition) is 1. The number of anilines is 1. The van der Waals surface area contributed by atoms with Crippen molar-refractivity contribution in [3.8, 4) is 11.3 Å². The molecule has 0 bridgehead atoms. The number of piperazine rings is 1. The summed E-state index contributed by atoms with van der Waals surface area (Å²) in [6.07, 6.45) is -4.09. The number of aryl methyl sites for hydroxylation is 1. The number of amides is 1. The fourth-order valence-electron chi connectivity index (χ4n) is 5.75. The van der Waals surface area contributed by atoms with E-state index in [1.54, 1.807) is 4.90 Å². The zero-order valence-electron chi connectivity index (χ0n) is 22.6. The predicted molar refractivity (Wildman–Crippen MR) is 146 cm³/mol. The molecular weight excluding hydrogens is 537 g/mol. The van der Waals surface area contributed by atoms with Gasteiger partial charge in [-0.2, -0.15) is 18.3 Å². The van der Waals surface area contributed by atoms with Crippen LogP contribution in [0, 0.1) is 0 Å². The van der Waals surface area contributed by atoms with Crippen LogP contribution < -0.4 is 4.90 Å². The van der Waals surface area contributed by atoms with Crippen LogP contribution in [0.5, 0.6) is 0 Å². The molecule has 0 spiro atoms. The molecule has 0 radical (unpaired) electrons. The van der Waals surface area contributed by atoms with Crippen molar-refractivity contribution in [2.45, 2.75) is 45.3 Å². The van der Waals surface area contributed by atoms with Crippen molar-refractivity contribution in [1.82, 2.24) is 24.7 Å². The second-order valence-corrected chi connectivity index (χ2v) is 10.6. The number of carbonyl (C=O) groups excluding carboxylic acids is 1. The number of aliphatic hydroxyl groups is 1. The van der Waals surface area contributed by atoms with Gasteiger partial charge >= 0.3 is 6.18 Å². The molecule has 6 rings (SSSR count). The van der Waals surface area contributed by atoms with Crippen molar-refractivity contribution in [2.24, 2.45) is 0 Å². The van der Waals surface area contributed by atoms with Crippen LogP contribution in [0.3, 0.4) is 0 Å². The summed E-state index contributed by atoms with van der Waals surface area (Å²) in [5.41, 5.74) is 2.95. The Morgan fingerprint density at radius 3 is 2.49 bits per heavy atom. The molecule has 2 aromatic heterocycles. The number of aliphatic hydroxyl groups excluding tert-OH is 1. The first-order valence-corrected chi connectivity index (χ1v) is 13.7. The van der Waals surface area contributed by atoms with Gasteiger partial charge in [-0.05, 0) is 24.3 Å². The molecule has 9 nitrogen and oxygen atoms in total. The quantitative estimate of drug-likeness (QED) is 0.374. The smallest absolute Gasteiger partial charge is 0.378 e. The monoisotopic (exact) mass is 568 g/mol. The number of para-hydroxylation sites is 1. The van der Waals surface area contributed by atoms with Crippen molar-refractivity contribution in [1.29, 1.82) is 0 Å². The van der Waals surface area contributed by atoms with Gasteiger partial charge in [0.05, 0.1) is 16.6 Å². The van der Waals surface area contributed by atoms with Crippen molar-refractivity contribution in [3.63, 3.8) is 0 Å². The number of nitrogens with zero attached hydrogens (tertiary/aromatic N) is 6. The minimum absolute atomic E-state index is 0.0602. The summed E-state index contributed by atoms with van der Waals surface area (Å²) >= 11 is 0. The maximum Gasteiger partial charge on any atom is 0.416 e. The molecule has 216 valence electrons. The zero-order chi connectivity index (χ0) is 28.7. The van der Waals surface area contributed by atoms with Gasteiger partial charge in [-0.25, -0.2) is 0 Å². The zero-order valence-corrected chi connectivity index (χ0v) is 22.6. The molecule has 0 saturated carbocycles. The topological polar surface area (TPSA) is 90.9 Å². The molecule has 12 heteroatoms. The van der Waals surface area contributed by atoms with Crippen LogP contribution in [0.2, 0.25) is 0 Å². The summed E-state index contributed by atoms with van der Waals surface area (Å²) in [5, 5.41) is 21.0. The van der Waals surface area contributed by atoms with E-state index in [1.807, 2.05) is 33.8 Å². The van der Waals surface area contributed by atoms with Crippen molar-refractivity contribution in [3.05, 3.63) is 65.4 Å². The third-order valence-electron chi connectivity index (χ3n) is 8.06. The summed E-state index contributed by atoms with van der Waals surface area (Å²) in [4.78, 5) is 18.0. The molecule has 41 heavy (non-hydrogen) atoms. The number of rotatable bonds is 6. The largest absolute Gasteiger partial charge is 0.416 e. The number of halogens is 3. The molecule has 1 fully saturated rings. The average molecular weight is 569 g/mol. The SMILES string of the molecule is CC(=O)N1CCc2c(c(-c3ccc(C(F)(F)F)cc3)nn2CCC(O)N2CCN(c3noc4ccccc34)CC2)C1. The predicted octanol–water partition coefficient (Wildman–Crippen LogP) is 4.15. The maximum absolute atomic E-state index is 13.1. The molecule has 1 saturated heterocycles. The van der Waals surface area contributed by atoms with Crippen LogP contribution in [0.4, 0.5) is 19.0 Å². The molecule has 2 aliphatic heterocycles. The van der Waals surface area contributed by atoms with E-state index in [2.05, 4.69) is 10.1 Å². The first kappa shape index (κ1) is 27.3. The molecule has 2 aliphatic rings. The van der Waals surface area contributed by atoms with Gasteiger partial charge in [0.15, 0.2) is 11.4 Å². The minimum Gasteiger partial charge on any atom is -0.378 e. The highest BCUT2D eigenvalue weighted by atomic mass is 19.4. The third-order valence-corrected chi connectivity index (χ3v) is 8.06. The van der Waals surface area contributed by atoms with E-state index < -0.39 is 18.0 Å². The maximum atomic E-state index is 13.1. The number of benzene rings is 2. The molecule has 1 N–H and O–H groups in total. The number of aromatic nitrogens is 3. The molecule has 4 aromatic rings. The lowest BCUT2D eigenvalue weighted by Crippen LogP contribution is -2.50. The number of fused-ring (bicyclic) bond motifs is 2. The molecular formula is C29H31F3N6O3. The van der Waals surface area contributed by atoms with Gasteiger partial charge in [0.2, 0.25) is 5.91 Å². The molecule has 2 aromatic carbocycles. The summed E-state index contributed by atoms with van der Waals surface area (Å²) in [7, 11) is 0. The van der Waals surface area contributed by atoms with Crippen LogP contribution in [0.1, 0.15) is 30.2 Å². The fourth-order valence-corrected chi connectivity index (χ4v) is 5.75. The van der Waals surface area contributed by atoms with Gasteiger partial charge in [0.1, 0.15) is 6.23 Å². The van der Waals surface area contributed by atoms with Gasteiger partial charge in [0, 0.05) is 82.4 Å². The van der Waals surface area contributed by atoms with Crippen LogP contribution in [0.15, 0.2) is 53.1 Å². The number of carbonyl (C=O) groups is 1. The summed E-state index contributed by atoms with van der Waals surface area (Å²) in [6.45, 7) is 5.55. The highest BCUT2D eigenvalue weighted by molar-refractivity contribution is 5.88. The molecule has 1 amide bonds. The van der Waals surface area contributed by atoms with Crippen molar-refractivity contribution in [2.75, 3.05) is 37.6 Å². The Labute approximate surface area is 234 Å². The molecule has 1 unspecified atom stereocenters. The highest BCUT2D eigenvalue weighted by Gasteiger charge is 2.32. The van der Waals surface area contributed by atoms with Gasteiger partial charge in [0.25, 0.3) is 0 Å². The lowest BCUT2D eigenvalue weighted by Gasteiger charge is -2.37. The van der Waals surface area contributed by atoms with E-state index in [0.29, 0.717) is 69.9 Å². The second-order valence-electron chi connectivity index (χ2n) is 10.6. The summed E-state index contributed by atoms with van der Waals surface area (Å²) < 4.78 is 46.7. The Bertz CT molecular complexity index is 1540. The normalized spacial score (nSPS) is 17.2. The van der Waals surface area contributed by atoms with Crippen LogP contribution in [-0.4, -0.2) is 74.7 Å². The van der Waals surface area contributed by atoms with E-state index in [0.717, 1.165) is 40.2 Å². The highest BCUT2D eigenvalue weighted by Crippen LogP contribution is 2.34. The van der Waals surface area contributed by atoms with Crippen LogP contribution in [-0.2, 0) is 30.5 Å². The fraction of sp³-hybridized carbons (Fsp3) is 0.414. The number of hydrogen-bond acceptors (Lipinski definition) is 7. The Hall–Kier alpha value is -3.90. The summed E-state index contributed by atoms with van der Waals surface area (Å²) in [6, 6.07) is 12.7. The lowest BCUT2D eigenvalue weighted by molar-refractivity contribution is -0.137.